The second-order valence-corrected chi connectivity index (χ2v) is 9.50. The molecule has 0 fully saturated rings. The van der Waals surface area contributed by atoms with Crippen molar-refractivity contribution in [2.24, 2.45) is 0 Å². The van der Waals surface area contributed by atoms with Gasteiger partial charge in [-0.2, -0.15) is 0 Å². The minimum absolute atomic E-state index is 0.0108. The van der Waals surface area contributed by atoms with Gasteiger partial charge >= 0.3 is 0 Å². The number of aryl methyl sites for hydroxylation is 1. The summed E-state index contributed by atoms with van der Waals surface area (Å²) < 4.78 is 0. The SMILES string of the molecule is CCCCNC(=O)C(Cc1ccccc1)N(Cc1ccccc1)C(=O)CCc1cccc2ccccc12. The lowest BCUT2D eigenvalue weighted by Gasteiger charge is -2.32. The first-order chi connectivity index (χ1) is 18.2. The van der Waals surface area contributed by atoms with E-state index in [4.69, 9.17) is 0 Å². The summed E-state index contributed by atoms with van der Waals surface area (Å²) in [5.74, 6) is -0.102. The van der Waals surface area contributed by atoms with E-state index in [0.29, 0.717) is 32.4 Å². The van der Waals surface area contributed by atoms with Crippen molar-refractivity contribution < 1.29 is 9.59 Å². The fraction of sp³-hybridized carbons (Fsp3) is 0.273. The highest BCUT2D eigenvalue weighted by molar-refractivity contribution is 5.89. The molecule has 0 heterocycles. The van der Waals surface area contributed by atoms with Crippen molar-refractivity contribution >= 4 is 22.6 Å². The molecule has 4 nitrogen and oxygen atoms in total. The predicted molar refractivity (Wildman–Crippen MR) is 151 cm³/mol. The molecule has 0 aromatic heterocycles. The zero-order chi connectivity index (χ0) is 25.9. The third-order valence-electron chi connectivity index (χ3n) is 6.78. The van der Waals surface area contributed by atoms with Crippen LogP contribution in [-0.4, -0.2) is 29.3 Å². The Hall–Kier alpha value is -3.92. The van der Waals surface area contributed by atoms with Crippen LogP contribution in [0.15, 0.2) is 103 Å². The quantitative estimate of drug-likeness (QED) is 0.235. The Kier molecular flexibility index (Phi) is 9.47. The Morgan fingerprint density at radius 3 is 2.16 bits per heavy atom. The first-order valence-corrected chi connectivity index (χ1v) is 13.3. The molecule has 37 heavy (non-hydrogen) atoms. The van der Waals surface area contributed by atoms with Crippen LogP contribution in [-0.2, 0) is 29.0 Å². The van der Waals surface area contributed by atoms with Gasteiger partial charge in [0, 0.05) is 25.9 Å². The lowest BCUT2D eigenvalue weighted by atomic mass is 9.99. The molecule has 1 unspecified atom stereocenters. The maximum absolute atomic E-state index is 13.9. The summed E-state index contributed by atoms with van der Waals surface area (Å²) in [6.45, 7) is 3.12. The highest BCUT2D eigenvalue weighted by Gasteiger charge is 2.30. The number of carbonyl (C=O) groups is 2. The first-order valence-electron chi connectivity index (χ1n) is 13.3. The van der Waals surface area contributed by atoms with Gasteiger partial charge in [0.15, 0.2) is 0 Å². The number of rotatable bonds is 12. The average molecular weight is 493 g/mol. The molecule has 0 radical (unpaired) electrons. The van der Waals surface area contributed by atoms with Crippen LogP contribution in [0.3, 0.4) is 0 Å². The molecular weight excluding hydrogens is 456 g/mol. The molecule has 0 aliphatic heterocycles. The summed E-state index contributed by atoms with van der Waals surface area (Å²) in [5.41, 5.74) is 3.21. The van der Waals surface area contributed by atoms with Crippen LogP contribution in [0.1, 0.15) is 42.9 Å². The number of carbonyl (C=O) groups excluding carboxylic acids is 2. The van der Waals surface area contributed by atoms with Crippen LogP contribution in [0, 0.1) is 0 Å². The van der Waals surface area contributed by atoms with Gasteiger partial charge in [0.2, 0.25) is 11.8 Å². The van der Waals surface area contributed by atoms with Gasteiger partial charge in [-0.05, 0) is 40.3 Å². The number of fused-ring (bicyclic) bond motifs is 1. The highest BCUT2D eigenvalue weighted by atomic mass is 16.2. The fourth-order valence-corrected chi connectivity index (χ4v) is 4.74. The van der Waals surface area contributed by atoms with Gasteiger partial charge in [-0.3, -0.25) is 9.59 Å². The van der Waals surface area contributed by atoms with Gasteiger partial charge in [0.25, 0.3) is 0 Å². The third kappa shape index (κ3) is 7.29. The molecule has 0 saturated heterocycles. The summed E-state index contributed by atoms with van der Waals surface area (Å²) >= 11 is 0. The molecule has 4 aromatic carbocycles. The van der Waals surface area contributed by atoms with Gasteiger partial charge in [-0.15, -0.1) is 0 Å². The first kappa shape index (κ1) is 26.2. The summed E-state index contributed by atoms with van der Waals surface area (Å²) in [7, 11) is 0. The van der Waals surface area contributed by atoms with Crippen molar-refractivity contribution in [1.29, 1.82) is 0 Å². The fourth-order valence-electron chi connectivity index (χ4n) is 4.74. The molecule has 2 amide bonds. The second kappa shape index (κ2) is 13.4. The molecule has 4 aromatic rings. The Morgan fingerprint density at radius 2 is 1.43 bits per heavy atom. The van der Waals surface area contributed by atoms with E-state index in [1.54, 1.807) is 4.90 Å². The largest absolute Gasteiger partial charge is 0.354 e. The summed E-state index contributed by atoms with van der Waals surface area (Å²) in [4.78, 5) is 29.2. The Bertz CT molecular complexity index is 1280. The molecule has 4 rings (SSSR count). The molecule has 0 saturated carbocycles. The van der Waals surface area contributed by atoms with E-state index in [0.717, 1.165) is 29.5 Å². The van der Waals surface area contributed by atoms with Crippen LogP contribution in [0.2, 0.25) is 0 Å². The highest BCUT2D eigenvalue weighted by Crippen LogP contribution is 2.21. The Morgan fingerprint density at radius 1 is 0.784 bits per heavy atom. The van der Waals surface area contributed by atoms with E-state index in [-0.39, 0.29) is 11.8 Å². The molecule has 1 atom stereocenters. The number of hydrogen-bond donors (Lipinski definition) is 1. The zero-order valence-electron chi connectivity index (χ0n) is 21.6. The van der Waals surface area contributed by atoms with Crippen LogP contribution in [0.25, 0.3) is 10.8 Å². The Labute approximate surface area is 220 Å². The number of amides is 2. The molecule has 0 bridgehead atoms. The molecule has 1 N–H and O–H groups in total. The van der Waals surface area contributed by atoms with Gasteiger partial charge in [0.1, 0.15) is 6.04 Å². The Balaban J connectivity index is 1.61. The molecule has 0 spiro atoms. The lowest BCUT2D eigenvalue weighted by Crippen LogP contribution is -2.50. The molecule has 0 aliphatic carbocycles. The maximum atomic E-state index is 13.9. The van der Waals surface area contributed by atoms with Crippen LogP contribution < -0.4 is 5.32 Å². The van der Waals surface area contributed by atoms with Crippen molar-refractivity contribution in [3.63, 3.8) is 0 Å². The minimum Gasteiger partial charge on any atom is -0.354 e. The van der Waals surface area contributed by atoms with Gasteiger partial charge in [-0.1, -0.05) is 116 Å². The van der Waals surface area contributed by atoms with Crippen LogP contribution in [0.5, 0.6) is 0 Å². The van der Waals surface area contributed by atoms with Crippen molar-refractivity contribution in [3.05, 3.63) is 120 Å². The average Bonchev–Trinajstić information content (AvgIpc) is 2.94. The second-order valence-electron chi connectivity index (χ2n) is 9.50. The van der Waals surface area contributed by atoms with Gasteiger partial charge in [-0.25, -0.2) is 0 Å². The zero-order valence-corrected chi connectivity index (χ0v) is 21.6. The summed E-state index contributed by atoms with van der Waals surface area (Å²) in [6.07, 6.45) is 3.36. The number of nitrogens with zero attached hydrogens (tertiary/aromatic N) is 1. The maximum Gasteiger partial charge on any atom is 0.243 e. The number of nitrogens with one attached hydrogen (secondary N) is 1. The lowest BCUT2D eigenvalue weighted by molar-refractivity contribution is -0.141. The monoisotopic (exact) mass is 492 g/mol. The van der Waals surface area contributed by atoms with Crippen molar-refractivity contribution in [2.75, 3.05) is 6.54 Å². The number of hydrogen-bond acceptors (Lipinski definition) is 2. The van der Waals surface area contributed by atoms with Gasteiger partial charge in [0.05, 0.1) is 0 Å². The minimum atomic E-state index is -0.584. The van der Waals surface area contributed by atoms with E-state index in [1.807, 2.05) is 78.9 Å². The van der Waals surface area contributed by atoms with Crippen LogP contribution in [0.4, 0.5) is 0 Å². The summed E-state index contributed by atoms with van der Waals surface area (Å²) in [5, 5.41) is 5.43. The number of unbranched alkanes of at least 4 members (excludes halogenated alkanes) is 1. The van der Waals surface area contributed by atoms with Gasteiger partial charge < -0.3 is 10.2 Å². The molecule has 190 valence electrons. The molecule has 4 heteroatoms. The van der Waals surface area contributed by atoms with E-state index < -0.39 is 6.04 Å². The van der Waals surface area contributed by atoms with E-state index in [2.05, 4.69) is 36.5 Å². The summed E-state index contributed by atoms with van der Waals surface area (Å²) in [6, 6.07) is 33.8. The predicted octanol–water partition coefficient (Wildman–Crippen LogP) is 6.33. The molecular formula is C33H36N2O2. The normalized spacial score (nSPS) is 11.7. The third-order valence-corrected chi connectivity index (χ3v) is 6.78. The van der Waals surface area contributed by atoms with Crippen molar-refractivity contribution in [2.45, 2.75) is 51.6 Å². The molecule has 0 aliphatic rings. The van der Waals surface area contributed by atoms with Crippen LogP contribution >= 0.6 is 0 Å². The number of benzene rings is 4. The smallest absolute Gasteiger partial charge is 0.243 e. The standard InChI is InChI=1S/C33H36N2O2/c1-2-3-23-34-33(37)31(24-26-13-6-4-7-14-26)35(25-27-15-8-5-9-16-27)32(36)22-21-29-19-12-18-28-17-10-11-20-30(28)29/h4-20,31H,2-3,21-25H2,1H3,(H,34,37). The van der Waals surface area contributed by atoms with Crippen molar-refractivity contribution in [3.8, 4) is 0 Å². The van der Waals surface area contributed by atoms with E-state index in [9.17, 15) is 9.59 Å². The topological polar surface area (TPSA) is 49.4 Å². The van der Waals surface area contributed by atoms with E-state index >= 15 is 0 Å². The van der Waals surface area contributed by atoms with Crippen molar-refractivity contribution in [1.82, 2.24) is 10.2 Å². The van der Waals surface area contributed by atoms with E-state index in [1.165, 1.54) is 10.8 Å².